The van der Waals surface area contributed by atoms with Crippen LogP contribution < -0.4 is 5.73 Å². The number of pyridine rings is 1. The predicted octanol–water partition coefficient (Wildman–Crippen LogP) is 2.54. The summed E-state index contributed by atoms with van der Waals surface area (Å²) < 4.78 is 0. The number of hydrogen-bond donors (Lipinski definition) is 2. The van der Waals surface area contributed by atoms with Crippen LogP contribution in [0.5, 0.6) is 0 Å². The Labute approximate surface area is 103 Å². The molecule has 1 heterocycles. The fraction of sp³-hybridized carbons (Fsp3) is 0.643. The maximum Gasteiger partial charge on any atom is 0.126 e. The summed E-state index contributed by atoms with van der Waals surface area (Å²) in [7, 11) is 0. The minimum atomic E-state index is -0.264. The van der Waals surface area contributed by atoms with Crippen LogP contribution in [0, 0.1) is 5.92 Å². The van der Waals surface area contributed by atoms with Gasteiger partial charge in [-0.05, 0) is 30.4 Å². The van der Waals surface area contributed by atoms with E-state index in [0.717, 1.165) is 18.4 Å². The van der Waals surface area contributed by atoms with Gasteiger partial charge in [0.05, 0.1) is 6.10 Å². The van der Waals surface area contributed by atoms with E-state index in [2.05, 4.69) is 4.98 Å². The summed E-state index contributed by atoms with van der Waals surface area (Å²) in [6.07, 6.45) is 9.52. The lowest BCUT2D eigenvalue weighted by Crippen LogP contribution is -2.23. The molecule has 0 amide bonds. The Balaban J connectivity index is 1.95. The Morgan fingerprint density at radius 1 is 1.29 bits per heavy atom. The molecule has 1 fully saturated rings. The van der Waals surface area contributed by atoms with Crippen molar-refractivity contribution in [2.75, 3.05) is 5.73 Å². The number of rotatable bonds is 3. The van der Waals surface area contributed by atoms with Gasteiger partial charge in [0, 0.05) is 12.6 Å². The van der Waals surface area contributed by atoms with Gasteiger partial charge in [0.1, 0.15) is 5.82 Å². The summed E-state index contributed by atoms with van der Waals surface area (Å²) in [4.78, 5) is 4.06. The highest BCUT2D eigenvalue weighted by atomic mass is 16.3. The van der Waals surface area contributed by atoms with Crippen LogP contribution >= 0.6 is 0 Å². The van der Waals surface area contributed by atoms with Crippen molar-refractivity contribution in [1.82, 2.24) is 4.98 Å². The van der Waals surface area contributed by atoms with Gasteiger partial charge < -0.3 is 10.8 Å². The first-order chi connectivity index (χ1) is 8.27. The second-order valence-corrected chi connectivity index (χ2v) is 5.07. The lowest BCUT2D eigenvalue weighted by molar-refractivity contribution is 0.0987. The van der Waals surface area contributed by atoms with E-state index >= 15 is 0 Å². The Bertz CT molecular complexity index is 346. The summed E-state index contributed by atoms with van der Waals surface area (Å²) in [6.45, 7) is 0. The van der Waals surface area contributed by atoms with Gasteiger partial charge in [-0.1, -0.05) is 31.7 Å². The van der Waals surface area contributed by atoms with Gasteiger partial charge in [0.2, 0.25) is 0 Å². The number of nitrogen functional groups attached to an aromatic ring is 1. The molecule has 1 atom stereocenters. The van der Waals surface area contributed by atoms with Gasteiger partial charge in [-0.2, -0.15) is 0 Å². The Morgan fingerprint density at radius 3 is 2.65 bits per heavy atom. The SMILES string of the molecule is Nc1ncccc1CC(O)C1CCCCCC1. The minimum absolute atomic E-state index is 0.264. The van der Waals surface area contributed by atoms with Gasteiger partial charge >= 0.3 is 0 Å². The Kier molecular flexibility index (Phi) is 4.37. The van der Waals surface area contributed by atoms with E-state index in [9.17, 15) is 5.11 Å². The minimum Gasteiger partial charge on any atom is -0.392 e. The fourth-order valence-corrected chi connectivity index (χ4v) is 2.71. The van der Waals surface area contributed by atoms with Crippen molar-refractivity contribution in [2.45, 2.75) is 51.0 Å². The van der Waals surface area contributed by atoms with E-state index in [4.69, 9.17) is 5.73 Å². The molecule has 17 heavy (non-hydrogen) atoms. The van der Waals surface area contributed by atoms with Crippen molar-refractivity contribution in [3.05, 3.63) is 23.9 Å². The van der Waals surface area contributed by atoms with E-state index in [1.807, 2.05) is 12.1 Å². The number of anilines is 1. The Morgan fingerprint density at radius 2 is 2.00 bits per heavy atom. The van der Waals surface area contributed by atoms with Crippen LogP contribution in [0.1, 0.15) is 44.1 Å². The molecule has 1 unspecified atom stereocenters. The smallest absolute Gasteiger partial charge is 0.126 e. The highest BCUT2D eigenvalue weighted by molar-refractivity contribution is 5.38. The van der Waals surface area contributed by atoms with Crippen molar-refractivity contribution in [2.24, 2.45) is 5.92 Å². The first-order valence-electron chi connectivity index (χ1n) is 6.65. The molecular weight excluding hydrogens is 212 g/mol. The molecule has 3 nitrogen and oxygen atoms in total. The fourth-order valence-electron chi connectivity index (χ4n) is 2.71. The third kappa shape index (κ3) is 3.43. The highest BCUT2D eigenvalue weighted by Gasteiger charge is 2.21. The zero-order valence-electron chi connectivity index (χ0n) is 10.3. The van der Waals surface area contributed by atoms with E-state index < -0.39 is 0 Å². The topological polar surface area (TPSA) is 59.1 Å². The third-order valence-corrected chi connectivity index (χ3v) is 3.80. The first-order valence-corrected chi connectivity index (χ1v) is 6.65. The number of hydrogen-bond acceptors (Lipinski definition) is 3. The molecule has 0 radical (unpaired) electrons. The molecule has 0 saturated heterocycles. The van der Waals surface area contributed by atoms with Crippen molar-refractivity contribution < 1.29 is 5.11 Å². The average Bonchev–Trinajstić information content (AvgIpc) is 2.61. The van der Waals surface area contributed by atoms with Crippen LogP contribution in [0.2, 0.25) is 0 Å². The van der Waals surface area contributed by atoms with Crippen LogP contribution in [0.3, 0.4) is 0 Å². The molecule has 0 aliphatic heterocycles. The molecule has 2 rings (SSSR count). The molecule has 1 saturated carbocycles. The molecule has 0 spiro atoms. The van der Waals surface area contributed by atoms with E-state index in [-0.39, 0.29) is 6.10 Å². The monoisotopic (exact) mass is 234 g/mol. The normalized spacial score (nSPS) is 19.8. The Hall–Kier alpha value is -1.09. The molecule has 1 aromatic rings. The number of nitrogens with two attached hydrogens (primary N) is 1. The molecular formula is C14H22N2O. The maximum absolute atomic E-state index is 10.3. The van der Waals surface area contributed by atoms with Gasteiger partial charge in [-0.15, -0.1) is 0 Å². The molecule has 94 valence electrons. The van der Waals surface area contributed by atoms with E-state index in [1.54, 1.807) is 6.20 Å². The quantitative estimate of drug-likeness (QED) is 0.790. The molecule has 3 heteroatoms. The van der Waals surface area contributed by atoms with Crippen molar-refractivity contribution in [3.63, 3.8) is 0 Å². The van der Waals surface area contributed by atoms with Crippen LogP contribution in [0.15, 0.2) is 18.3 Å². The summed E-state index contributed by atoms with van der Waals surface area (Å²) >= 11 is 0. The molecule has 1 aliphatic carbocycles. The lowest BCUT2D eigenvalue weighted by atomic mass is 9.90. The standard InChI is InChI=1S/C14H22N2O/c15-14-12(8-5-9-16-14)10-13(17)11-6-3-1-2-4-7-11/h5,8-9,11,13,17H,1-4,6-7,10H2,(H2,15,16). The number of aliphatic hydroxyl groups excluding tert-OH is 1. The largest absolute Gasteiger partial charge is 0.392 e. The van der Waals surface area contributed by atoms with Crippen LogP contribution in [0.4, 0.5) is 5.82 Å². The van der Waals surface area contributed by atoms with Crippen molar-refractivity contribution in [3.8, 4) is 0 Å². The summed E-state index contributed by atoms with van der Waals surface area (Å²) in [5.74, 6) is 0.997. The summed E-state index contributed by atoms with van der Waals surface area (Å²) in [6, 6.07) is 3.84. The average molecular weight is 234 g/mol. The van der Waals surface area contributed by atoms with Gasteiger partial charge in [-0.3, -0.25) is 0 Å². The second-order valence-electron chi connectivity index (χ2n) is 5.07. The number of nitrogens with zero attached hydrogens (tertiary/aromatic N) is 1. The molecule has 0 aromatic carbocycles. The zero-order chi connectivity index (χ0) is 12.1. The van der Waals surface area contributed by atoms with Crippen molar-refractivity contribution in [1.29, 1.82) is 0 Å². The van der Waals surface area contributed by atoms with Crippen LogP contribution in [-0.4, -0.2) is 16.2 Å². The molecule has 1 aromatic heterocycles. The third-order valence-electron chi connectivity index (χ3n) is 3.80. The molecule has 1 aliphatic rings. The van der Waals surface area contributed by atoms with Crippen LogP contribution in [-0.2, 0) is 6.42 Å². The van der Waals surface area contributed by atoms with E-state index in [0.29, 0.717) is 18.2 Å². The van der Waals surface area contributed by atoms with Crippen LogP contribution in [0.25, 0.3) is 0 Å². The first kappa shape index (κ1) is 12.4. The highest BCUT2D eigenvalue weighted by Crippen LogP contribution is 2.27. The molecule has 0 bridgehead atoms. The number of aliphatic hydroxyl groups is 1. The maximum atomic E-state index is 10.3. The predicted molar refractivity (Wildman–Crippen MR) is 69.6 cm³/mol. The van der Waals surface area contributed by atoms with Gasteiger partial charge in [0.25, 0.3) is 0 Å². The second kappa shape index (κ2) is 6.01. The van der Waals surface area contributed by atoms with E-state index in [1.165, 1.54) is 25.7 Å². The zero-order valence-corrected chi connectivity index (χ0v) is 10.3. The van der Waals surface area contributed by atoms with Gasteiger partial charge in [0.15, 0.2) is 0 Å². The summed E-state index contributed by atoms with van der Waals surface area (Å²) in [5.41, 5.74) is 6.78. The summed E-state index contributed by atoms with van der Waals surface area (Å²) in [5, 5.41) is 10.3. The lowest BCUT2D eigenvalue weighted by Gasteiger charge is -2.21. The number of aromatic nitrogens is 1. The molecule has 3 N–H and O–H groups in total. The van der Waals surface area contributed by atoms with Gasteiger partial charge in [-0.25, -0.2) is 4.98 Å². The van der Waals surface area contributed by atoms with Crippen molar-refractivity contribution >= 4 is 5.82 Å².